The molecule has 1 atom stereocenters. The molecule has 4 heteroatoms. The van der Waals surface area contributed by atoms with Gasteiger partial charge in [0.2, 0.25) is 0 Å². The molecule has 1 aromatic carbocycles. The lowest BCUT2D eigenvalue weighted by Crippen LogP contribution is -2.27. The van der Waals surface area contributed by atoms with Crippen LogP contribution in [-0.4, -0.2) is 18.8 Å². The first-order valence-electron chi connectivity index (χ1n) is 4.13. The van der Waals surface area contributed by atoms with E-state index >= 15 is 0 Å². The lowest BCUT2D eigenvalue weighted by molar-refractivity contribution is -0.0212. The Hall–Kier alpha value is -1.00. The lowest BCUT2D eigenvalue weighted by atomic mass is 9.97. The number of hydrogen-bond donors (Lipinski definition) is 1. The first kappa shape index (κ1) is 11.1. The zero-order valence-electron chi connectivity index (χ0n) is 8.05. The highest BCUT2D eigenvalue weighted by Gasteiger charge is 2.24. The Kier molecular flexibility index (Phi) is 3.18. The van der Waals surface area contributed by atoms with Crippen LogP contribution in [0.4, 0.5) is 8.78 Å². The highest BCUT2D eigenvalue weighted by atomic mass is 19.1. The standard InChI is InChI=1S/C10H12F2O2/c1-10(13,6-14-2)7-3-8(11)5-9(12)4-7/h3-5,13H,6H2,1-2H3. The maximum absolute atomic E-state index is 12.8. The smallest absolute Gasteiger partial charge is 0.126 e. The largest absolute Gasteiger partial charge is 0.383 e. The normalized spacial score (nSPS) is 15.2. The zero-order chi connectivity index (χ0) is 10.8. The quantitative estimate of drug-likeness (QED) is 0.810. The highest BCUT2D eigenvalue weighted by molar-refractivity contribution is 5.23. The van der Waals surface area contributed by atoms with Crippen LogP contribution >= 0.6 is 0 Å². The number of halogens is 2. The summed E-state index contributed by atoms with van der Waals surface area (Å²) in [7, 11) is 1.41. The Labute approximate surface area is 81.1 Å². The SMILES string of the molecule is COCC(C)(O)c1cc(F)cc(F)c1. The Morgan fingerprint density at radius 2 is 1.79 bits per heavy atom. The van der Waals surface area contributed by atoms with Crippen LogP contribution in [0, 0.1) is 11.6 Å². The van der Waals surface area contributed by atoms with Gasteiger partial charge in [0, 0.05) is 13.2 Å². The molecule has 0 heterocycles. The van der Waals surface area contributed by atoms with Gasteiger partial charge in [-0.3, -0.25) is 0 Å². The summed E-state index contributed by atoms with van der Waals surface area (Å²) in [5.74, 6) is -1.42. The van der Waals surface area contributed by atoms with Crippen molar-refractivity contribution in [3.05, 3.63) is 35.4 Å². The maximum atomic E-state index is 12.8. The molecule has 2 nitrogen and oxygen atoms in total. The second-order valence-electron chi connectivity index (χ2n) is 3.36. The van der Waals surface area contributed by atoms with Crippen LogP contribution in [-0.2, 0) is 10.3 Å². The minimum absolute atomic E-state index is 0.0180. The minimum Gasteiger partial charge on any atom is -0.383 e. The van der Waals surface area contributed by atoms with Crippen LogP contribution in [0.15, 0.2) is 18.2 Å². The minimum atomic E-state index is -1.38. The Balaban J connectivity index is 3.05. The van der Waals surface area contributed by atoms with Gasteiger partial charge in [0.1, 0.15) is 17.2 Å². The lowest BCUT2D eigenvalue weighted by Gasteiger charge is -2.22. The summed E-state index contributed by atoms with van der Waals surface area (Å²) in [6.07, 6.45) is 0. The predicted molar refractivity (Wildman–Crippen MR) is 47.8 cm³/mol. The number of ether oxygens (including phenoxy) is 1. The van der Waals surface area contributed by atoms with Crippen LogP contribution in [0.5, 0.6) is 0 Å². The average molecular weight is 202 g/mol. The molecule has 78 valence electrons. The van der Waals surface area contributed by atoms with Crippen molar-refractivity contribution in [2.45, 2.75) is 12.5 Å². The summed E-state index contributed by atoms with van der Waals surface area (Å²) in [5, 5.41) is 9.78. The summed E-state index contributed by atoms with van der Waals surface area (Å²) in [5.41, 5.74) is -1.21. The first-order chi connectivity index (χ1) is 6.45. The molecule has 0 spiro atoms. The Bertz CT molecular complexity index is 304. The number of rotatable bonds is 3. The fourth-order valence-electron chi connectivity index (χ4n) is 1.23. The van der Waals surface area contributed by atoms with E-state index in [1.807, 2.05) is 0 Å². The van der Waals surface area contributed by atoms with Gasteiger partial charge in [0.25, 0.3) is 0 Å². The molecule has 1 aromatic rings. The molecule has 1 unspecified atom stereocenters. The van der Waals surface area contributed by atoms with Crippen molar-refractivity contribution < 1.29 is 18.6 Å². The summed E-state index contributed by atoms with van der Waals surface area (Å²) in [4.78, 5) is 0. The third kappa shape index (κ3) is 2.49. The van der Waals surface area contributed by atoms with Crippen molar-refractivity contribution >= 4 is 0 Å². The average Bonchev–Trinajstić information content (AvgIpc) is 2.02. The van der Waals surface area contributed by atoms with Gasteiger partial charge in [-0.2, -0.15) is 0 Å². The first-order valence-corrected chi connectivity index (χ1v) is 4.13. The van der Waals surface area contributed by atoms with Crippen molar-refractivity contribution in [3.8, 4) is 0 Å². The molecule has 0 fully saturated rings. The fraction of sp³-hybridized carbons (Fsp3) is 0.400. The molecule has 0 radical (unpaired) electrons. The van der Waals surface area contributed by atoms with E-state index in [0.29, 0.717) is 0 Å². The highest BCUT2D eigenvalue weighted by Crippen LogP contribution is 2.22. The van der Waals surface area contributed by atoms with E-state index in [9.17, 15) is 13.9 Å². The van der Waals surface area contributed by atoms with E-state index in [2.05, 4.69) is 0 Å². The number of methoxy groups -OCH3 is 1. The van der Waals surface area contributed by atoms with Gasteiger partial charge in [0.15, 0.2) is 0 Å². The van der Waals surface area contributed by atoms with E-state index in [1.54, 1.807) is 0 Å². The third-order valence-electron chi connectivity index (χ3n) is 1.91. The molecule has 0 aliphatic heterocycles. The van der Waals surface area contributed by atoms with Gasteiger partial charge in [-0.05, 0) is 24.6 Å². The third-order valence-corrected chi connectivity index (χ3v) is 1.91. The van der Waals surface area contributed by atoms with Crippen molar-refractivity contribution in [2.75, 3.05) is 13.7 Å². The summed E-state index contributed by atoms with van der Waals surface area (Å²) in [6, 6.07) is 2.93. The monoisotopic (exact) mass is 202 g/mol. The van der Waals surface area contributed by atoms with Gasteiger partial charge < -0.3 is 9.84 Å². The topological polar surface area (TPSA) is 29.5 Å². The molecule has 1 rings (SSSR count). The van der Waals surface area contributed by atoms with Gasteiger partial charge in [-0.15, -0.1) is 0 Å². The van der Waals surface area contributed by atoms with Gasteiger partial charge in [-0.25, -0.2) is 8.78 Å². The number of hydrogen-bond acceptors (Lipinski definition) is 2. The zero-order valence-corrected chi connectivity index (χ0v) is 8.05. The molecule has 0 aliphatic rings. The van der Waals surface area contributed by atoms with Crippen LogP contribution < -0.4 is 0 Å². The molecular formula is C10H12F2O2. The molecule has 0 amide bonds. The Morgan fingerprint density at radius 1 is 1.29 bits per heavy atom. The predicted octanol–water partition coefficient (Wildman–Crippen LogP) is 1.82. The van der Waals surface area contributed by atoms with Crippen LogP contribution in [0.25, 0.3) is 0 Å². The molecule has 0 saturated carbocycles. The van der Waals surface area contributed by atoms with Crippen molar-refractivity contribution in [1.82, 2.24) is 0 Å². The van der Waals surface area contributed by atoms with E-state index in [-0.39, 0.29) is 12.2 Å². The van der Waals surface area contributed by atoms with Crippen molar-refractivity contribution in [2.24, 2.45) is 0 Å². The summed E-state index contributed by atoms with van der Waals surface area (Å²) in [6.45, 7) is 1.42. The van der Waals surface area contributed by atoms with E-state index in [0.717, 1.165) is 18.2 Å². The van der Waals surface area contributed by atoms with Crippen LogP contribution in [0.1, 0.15) is 12.5 Å². The van der Waals surface area contributed by atoms with Gasteiger partial charge in [-0.1, -0.05) is 0 Å². The summed E-state index contributed by atoms with van der Waals surface area (Å²) >= 11 is 0. The van der Waals surface area contributed by atoms with Crippen molar-refractivity contribution in [3.63, 3.8) is 0 Å². The number of benzene rings is 1. The second-order valence-corrected chi connectivity index (χ2v) is 3.36. The molecule has 1 N–H and O–H groups in total. The molecule has 0 aromatic heterocycles. The van der Waals surface area contributed by atoms with E-state index < -0.39 is 17.2 Å². The van der Waals surface area contributed by atoms with Gasteiger partial charge >= 0.3 is 0 Å². The Morgan fingerprint density at radius 3 is 2.21 bits per heavy atom. The molecule has 0 bridgehead atoms. The van der Waals surface area contributed by atoms with Gasteiger partial charge in [0.05, 0.1) is 6.61 Å². The van der Waals surface area contributed by atoms with Crippen molar-refractivity contribution in [1.29, 1.82) is 0 Å². The maximum Gasteiger partial charge on any atom is 0.126 e. The fourth-order valence-corrected chi connectivity index (χ4v) is 1.23. The van der Waals surface area contributed by atoms with E-state index in [1.165, 1.54) is 14.0 Å². The molecular weight excluding hydrogens is 190 g/mol. The molecule has 0 aliphatic carbocycles. The number of aliphatic hydroxyl groups is 1. The van der Waals surface area contributed by atoms with Crippen LogP contribution in [0.3, 0.4) is 0 Å². The molecule has 0 saturated heterocycles. The van der Waals surface area contributed by atoms with Crippen LogP contribution in [0.2, 0.25) is 0 Å². The second kappa shape index (κ2) is 4.02. The molecule has 14 heavy (non-hydrogen) atoms. The summed E-state index contributed by atoms with van der Waals surface area (Å²) < 4.78 is 30.4. The van der Waals surface area contributed by atoms with E-state index in [4.69, 9.17) is 4.74 Å².